The Labute approximate surface area is 192 Å². The van der Waals surface area contributed by atoms with E-state index in [4.69, 9.17) is 27.9 Å². The SMILES string of the molecule is CCCCCCOc1ccc(CN2C(=O)C(O)(CC(C)=O)c3ccc(Cl)c(Cl)c32)cc1. The summed E-state index contributed by atoms with van der Waals surface area (Å²) in [6, 6.07) is 10.5. The van der Waals surface area contributed by atoms with E-state index in [0.29, 0.717) is 17.9 Å². The van der Waals surface area contributed by atoms with E-state index in [1.54, 1.807) is 6.07 Å². The fraction of sp³-hybridized carbons (Fsp3) is 0.417. The number of unbranched alkanes of at least 4 members (excludes halogenated alkanes) is 3. The van der Waals surface area contributed by atoms with Crippen LogP contribution in [0.1, 0.15) is 57.1 Å². The molecule has 1 atom stereocenters. The molecule has 0 radical (unpaired) electrons. The third kappa shape index (κ3) is 5.05. The second-order valence-electron chi connectivity index (χ2n) is 7.94. The quantitative estimate of drug-likeness (QED) is 0.461. The lowest BCUT2D eigenvalue weighted by molar-refractivity contribution is -0.141. The number of hydrogen-bond donors (Lipinski definition) is 1. The number of benzene rings is 2. The number of nitrogens with zero attached hydrogens (tertiary/aromatic N) is 1. The lowest BCUT2D eigenvalue weighted by atomic mass is 9.90. The lowest BCUT2D eigenvalue weighted by Gasteiger charge is -2.22. The zero-order valence-electron chi connectivity index (χ0n) is 17.8. The molecule has 3 rings (SSSR count). The van der Waals surface area contributed by atoms with E-state index in [1.807, 2.05) is 24.3 Å². The van der Waals surface area contributed by atoms with Gasteiger partial charge in [0, 0.05) is 12.0 Å². The second kappa shape index (κ2) is 10.0. The highest BCUT2D eigenvalue weighted by Gasteiger charge is 2.51. The molecule has 0 bridgehead atoms. The Bertz CT molecular complexity index is 961. The molecule has 2 aromatic carbocycles. The van der Waals surface area contributed by atoms with Crippen LogP contribution in [0, 0.1) is 0 Å². The highest BCUT2D eigenvalue weighted by molar-refractivity contribution is 6.44. The topological polar surface area (TPSA) is 66.8 Å². The van der Waals surface area contributed by atoms with Gasteiger partial charge in [0.1, 0.15) is 11.5 Å². The molecule has 1 N–H and O–H groups in total. The molecule has 0 aliphatic carbocycles. The molecule has 1 amide bonds. The molecule has 5 nitrogen and oxygen atoms in total. The van der Waals surface area contributed by atoms with E-state index >= 15 is 0 Å². The van der Waals surface area contributed by atoms with Crippen molar-refractivity contribution in [3.05, 3.63) is 57.6 Å². The maximum absolute atomic E-state index is 13.2. The Morgan fingerprint density at radius 1 is 1.10 bits per heavy atom. The Morgan fingerprint density at radius 2 is 1.81 bits per heavy atom. The monoisotopic (exact) mass is 463 g/mol. The molecular weight excluding hydrogens is 437 g/mol. The molecule has 0 saturated carbocycles. The molecule has 0 fully saturated rings. The summed E-state index contributed by atoms with van der Waals surface area (Å²) in [5.41, 5.74) is -0.467. The molecule has 1 aliphatic heterocycles. The van der Waals surface area contributed by atoms with Gasteiger partial charge in [0.05, 0.1) is 28.9 Å². The highest BCUT2D eigenvalue weighted by Crippen LogP contribution is 2.49. The molecule has 1 aliphatic rings. The summed E-state index contributed by atoms with van der Waals surface area (Å²) >= 11 is 12.6. The summed E-state index contributed by atoms with van der Waals surface area (Å²) in [6.45, 7) is 4.36. The Balaban J connectivity index is 1.79. The van der Waals surface area contributed by atoms with E-state index in [-0.39, 0.29) is 28.8 Å². The van der Waals surface area contributed by atoms with Gasteiger partial charge in [-0.25, -0.2) is 0 Å². The Kier molecular flexibility index (Phi) is 7.63. The number of carbonyl (C=O) groups is 2. The molecule has 7 heteroatoms. The van der Waals surface area contributed by atoms with Gasteiger partial charge in [-0.05, 0) is 37.1 Å². The lowest BCUT2D eigenvalue weighted by Crippen LogP contribution is -2.41. The number of amides is 1. The van der Waals surface area contributed by atoms with Gasteiger partial charge in [-0.1, -0.05) is 67.6 Å². The van der Waals surface area contributed by atoms with Crippen LogP contribution in [0.3, 0.4) is 0 Å². The molecule has 0 saturated heterocycles. The van der Waals surface area contributed by atoms with Crippen molar-refractivity contribution in [2.24, 2.45) is 0 Å². The van der Waals surface area contributed by atoms with Crippen LogP contribution in [0.15, 0.2) is 36.4 Å². The minimum Gasteiger partial charge on any atom is -0.494 e. The van der Waals surface area contributed by atoms with Gasteiger partial charge < -0.3 is 14.7 Å². The largest absolute Gasteiger partial charge is 0.494 e. The Hall–Kier alpha value is -2.08. The van der Waals surface area contributed by atoms with Crippen molar-refractivity contribution >= 4 is 40.6 Å². The van der Waals surface area contributed by atoms with E-state index in [9.17, 15) is 14.7 Å². The molecule has 1 unspecified atom stereocenters. The molecule has 0 aromatic heterocycles. The van der Waals surface area contributed by atoms with Gasteiger partial charge in [0.2, 0.25) is 0 Å². The van der Waals surface area contributed by atoms with Crippen molar-refractivity contribution in [3.63, 3.8) is 0 Å². The minimum absolute atomic E-state index is 0.180. The first-order chi connectivity index (χ1) is 14.8. The van der Waals surface area contributed by atoms with Gasteiger partial charge in [-0.15, -0.1) is 0 Å². The summed E-state index contributed by atoms with van der Waals surface area (Å²) in [5.74, 6) is -0.115. The number of Topliss-reactive ketones (excluding diaryl/α,β-unsaturated/α-hetero) is 1. The summed E-state index contributed by atoms with van der Waals surface area (Å²) in [6.07, 6.45) is 4.23. The van der Waals surface area contributed by atoms with Crippen LogP contribution in [0.2, 0.25) is 10.0 Å². The maximum atomic E-state index is 13.2. The predicted molar refractivity (Wildman–Crippen MR) is 123 cm³/mol. The zero-order valence-corrected chi connectivity index (χ0v) is 19.3. The highest BCUT2D eigenvalue weighted by atomic mass is 35.5. The standard InChI is InChI=1S/C24H27Cl2NO4/c1-3-4-5-6-13-31-18-9-7-17(8-10-18)15-27-22-19(11-12-20(25)21(22)26)24(30,23(27)29)14-16(2)28/h7-12,30H,3-6,13-15H2,1-2H3. The van der Waals surface area contributed by atoms with Crippen molar-refractivity contribution in [2.75, 3.05) is 11.5 Å². The van der Waals surface area contributed by atoms with Gasteiger partial charge in [0.25, 0.3) is 5.91 Å². The summed E-state index contributed by atoms with van der Waals surface area (Å²) in [7, 11) is 0. The summed E-state index contributed by atoms with van der Waals surface area (Å²) < 4.78 is 5.77. The van der Waals surface area contributed by atoms with Crippen LogP contribution in [-0.2, 0) is 21.7 Å². The van der Waals surface area contributed by atoms with E-state index in [2.05, 4.69) is 6.92 Å². The number of anilines is 1. The first kappa shape index (κ1) is 23.6. The van der Waals surface area contributed by atoms with Crippen molar-refractivity contribution in [1.82, 2.24) is 0 Å². The number of ketones is 1. The molecule has 2 aromatic rings. The van der Waals surface area contributed by atoms with Crippen molar-refractivity contribution in [2.45, 2.75) is 58.1 Å². The predicted octanol–water partition coefficient (Wildman–Crippen LogP) is 5.67. The molecular formula is C24H27Cl2NO4. The number of hydrogen-bond acceptors (Lipinski definition) is 4. The molecule has 31 heavy (non-hydrogen) atoms. The van der Waals surface area contributed by atoms with Crippen LogP contribution < -0.4 is 9.64 Å². The van der Waals surface area contributed by atoms with E-state index in [1.165, 1.54) is 30.7 Å². The number of aliphatic hydroxyl groups is 1. The minimum atomic E-state index is -1.95. The van der Waals surface area contributed by atoms with Crippen molar-refractivity contribution in [1.29, 1.82) is 0 Å². The van der Waals surface area contributed by atoms with Gasteiger partial charge in [0.15, 0.2) is 5.60 Å². The summed E-state index contributed by atoms with van der Waals surface area (Å²) in [5, 5.41) is 11.6. The fourth-order valence-electron chi connectivity index (χ4n) is 3.85. The smallest absolute Gasteiger partial charge is 0.264 e. The van der Waals surface area contributed by atoms with E-state index < -0.39 is 11.5 Å². The number of carbonyl (C=O) groups excluding carboxylic acids is 2. The zero-order chi connectivity index (χ0) is 22.6. The van der Waals surface area contributed by atoms with Crippen LogP contribution >= 0.6 is 23.2 Å². The molecule has 0 spiro atoms. The van der Waals surface area contributed by atoms with Crippen LogP contribution in [0.25, 0.3) is 0 Å². The fourth-order valence-corrected chi connectivity index (χ4v) is 4.27. The van der Waals surface area contributed by atoms with Crippen molar-refractivity contribution < 1.29 is 19.4 Å². The van der Waals surface area contributed by atoms with Crippen LogP contribution in [-0.4, -0.2) is 23.4 Å². The van der Waals surface area contributed by atoms with Gasteiger partial charge in [-0.2, -0.15) is 0 Å². The first-order valence-corrected chi connectivity index (χ1v) is 11.3. The second-order valence-corrected chi connectivity index (χ2v) is 8.73. The summed E-state index contributed by atoms with van der Waals surface area (Å²) in [4.78, 5) is 26.3. The molecule has 1 heterocycles. The third-order valence-electron chi connectivity index (χ3n) is 5.42. The van der Waals surface area contributed by atoms with Crippen LogP contribution in [0.5, 0.6) is 5.75 Å². The van der Waals surface area contributed by atoms with Gasteiger partial charge in [-0.3, -0.25) is 9.59 Å². The Morgan fingerprint density at radius 3 is 2.45 bits per heavy atom. The average Bonchev–Trinajstić information content (AvgIpc) is 2.93. The van der Waals surface area contributed by atoms with Crippen molar-refractivity contribution in [3.8, 4) is 5.75 Å². The normalized spacial score (nSPS) is 17.7. The maximum Gasteiger partial charge on any atom is 0.264 e. The van der Waals surface area contributed by atoms with Gasteiger partial charge >= 0.3 is 0 Å². The number of rotatable bonds is 10. The number of ether oxygens (including phenoxy) is 1. The number of halogens is 2. The molecule has 166 valence electrons. The number of fused-ring (bicyclic) bond motifs is 1. The average molecular weight is 464 g/mol. The van der Waals surface area contributed by atoms with Crippen LogP contribution in [0.4, 0.5) is 5.69 Å². The first-order valence-electron chi connectivity index (χ1n) is 10.5. The third-order valence-corrected chi connectivity index (χ3v) is 6.21. The van der Waals surface area contributed by atoms with E-state index in [0.717, 1.165) is 24.2 Å².